The summed E-state index contributed by atoms with van der Waals surface area (Å²) >= 11 is 0. The summed E-state index contributed by atoms with van der Waals surface area (Å²) in [5, 5.41) is 0. The van der Waals surface area contributed by atoms with Crippen LogP contribution < -0.4 is 15.4 Å². The molecule has 1 aliphatic rings. The normalized spacial score (nSPS) is 13.5. The van der Waals surface area contributed by atoms with Crippen LogP contribution in [0, 0.1) is 0 Å². The molecule has 0 spiro atoms. The first kappa shape index (κ1) is 10.3. The third-order valence-electron chi connectivity index (χ3n) is 2.58. The average Bonchev–Trinajstić information content (AvgIpc) is 2.71. The highest BCUT2D eigenvalue weighted by atomic mass is 16.6. The van der Waals surface area contributed by atoms with Crippen molar-refractivity contribution in [1.29, 1.82) is 0 Å². The highest BCUT2D eigenvalue weighted by Crippen LogP contribution is 2.32. The van der Waals surface area contributed by atoms with Gasteiger partial charge >= 0.3 is 0 Å². The minimum Gasteiger partial charge on any atom is -0.496 e. The molecule has 0 radical (unpaired) electrons. The van der Waals surface area contributed by atoms with Crippen molar-refractivity contribution >= 4 is 0 Å². The summed E-state index contributed by atoms with van der Waals surface area (Å²) in [6.07, 6.45) is 1.69. The predicted molar refractivity (Wildman–Crippen MR) is 56.0 cm³/mol. The summed E-state index contributed by atoms with van der Waals surface area (Å²) in [5.74, 6) is 6.86. The van der Waals surface area contributed by atoms with Gasteiger partial charge in [-0.15, -0.1) is 0 Å². The molecule has 0 unspecified atom stereocenters. The van der Waals surface area contributed by atoms with E-state index in [4.69, 9.17) is 15.4 Å². The fraction of sp³-hybridized carbons (Fsp3) is 0.455. The van der Waals surface area contributed by atoms with Gasteiger partial charge in [0.2, 0.25) is 0 Å². The Morgan fingerprint density at radius 1 is 1.47 bits per heavy atom. The first-order valence-electron chi connectivity index (χ1n) is 4.99. The van der Waals surface area contributed by atoms with E-state index >= 15 is 0 Å². The van der Waals surface area contributed by atoms with Crippen molar-refractivity contribution in [3.63, 3.8) is 0 Å². The lowest BCUT2D eigenvalue weighted by Gasteiger charge is -2.10. The number of hydrogen-bond donors (Lipinski definition) is 1. The summed E-state index contributed by atoms with van der Waals surface area (Å²) in [6, 6.07) is 4.05. The largest absolute Gasteiger partial charge is 0.496 e. The van der Waals surface area contributed by atoms with Crippen molar-refractivity contribution in [2.45, 2.75) is 12.8 Å². The Morgan fingerprint density at radius 3 is 3.07 bits per heavy atom. The van der Waals surface area contributed by atoms with Crippen LogP contribution in [-0.2, 0) is 17.7 Å². The molecule has 0 saturated carbocycles. The third-order valence-corrected chi connectivity index (χ3v) is 2.58. The van der Waals surface area contributed by atoms with Gasteiger partial charge in [0.05, 0.1) is 20.3 Å². The van der Waals surface area contributed by atoms with E-state index < -0.39 is 0 Å². The lowest BCUT2D eigenvalue weighted by Crippen LogP contribution is -2.05. The monoisotopic (exact) mass is 209 g/mol. The molecule has 2 rings (SSSR count). The van der Waals surface area contributed by atoms with Crippen LogP contribution in [0.3, 0.4) is 0 Å². The van der Waals surface area contributed by atoms with E-state index in [1.165, 1.54) is 5.56 Å². The number of hydrogen-bond acceptors (Lipinski definition) is 4. The zero-order valence-electron chi connectivity index (χ0n) is 8.79. The van der Waals surface area contributed by atoms with Crippen LogP contribution in [-0.4, -0.2) is 20.3 Å². The molecule has 0 fully saturated rings. The van der Waals surface area contributed by atoms with Crippen molar-refractivity contribution < 1.29 is 14.3 Å². The van der Waals surface area contributed by atoms with Gasteiger partial charge in [-0.25, -0.2) is 5.90 Å². The van der Waals surface area contributed by atoms with E-state index in [1.807, 2.05) is 12.1 Å². The minimum atomic E-state index is 0.481. The lowest BCUT2D eigenvalue weighted by molar-refractivity contribution is 0.140. The second-order valence-electron chi connectivity index (χ2n) is 3.49. The SMILES string of the molecule is COc1cc2c(cc1CCON)OCC2. The Labute approximate surface area is 88.9 Å². The molecule has 2 N–H and O–H groups in total. The molecule has 4 nitrogen and oxygen atoms in total. The fourth-order valence-corrected chi connectivity index (χ4v) is 1.80. The van der Waals surface area contributed by atoms with Crippen LogP contribution in [0.15, 0.2) is 12.1 Å². The Balaban J connectivity index is 2.27. The molecule has 82 valence electrons. The number of benzene rings is 1. The molecule has 0 aliphatic carbocycles. The lowest BCUT2D eigenvalue weighted by atomic mass is 10.1. The maximum atomic E-state index is 5.49. The van der Waals surface area contributed by atoms with Gasteiger partial charge in [-0.1, -0.05) is 0 Å². The van der Waals surface area contributed by atoms with E-state index in [0.717, 1.165) is 36.5 Å². The van der Waals surface area contributed by atoms with Gasteiger partial charge in [0, 0.05) is 24.0 Å². The number of fused-ring (bicyclic) bond motifs is 1. The quantitative estimate of drug-likeness (QED) is 0.753. The van der Waals surface area contributed by atoms with Crippen LogP contribution in [0.5, 0.6) is 11.5 Å². The molecule has 0 atom stereocenters. The Bertz CT molecular complexity index is 352. The highest BCUT2D eigenvalue weighted by molar-refractivity contribution is 5.48. The molecule has 1 aromatic rings. The van der Waals surface area contributed by atoms with Gasteiger partial charge in [-0.2, -0.15) is 0 Å². The minimum absolute atomic E-state index is 0.481. The van der Waals surface area contributed by atoms with Gasteiger partial charge in [0.15, 0.2) is 0 Å². The molecule has 4 heteroatoms. The molecule has 1 heterocycles. The highest BCUT2D eigenvalue weighted by Gasteiger charge is 2.16. The summed E-state index contributed by atoms with van der Waals surface area (Å²) in [5.41, 5.74) is 2.29. The van der Waals surface area contributed by atoms with E-state index in [0.29, 0.717) is 6.61 Å². The van der Waals surface area contributed by atoms with Crippen LogP contribution in [0.1, 0.15) is 11.1 Å². The van der Waals surface area contributed by atoms with Crippen molar-refractivity contribution in [2.75, 3.05) is 20.3 Å². The van der Waals surface area contributed by atoms with E-state index in [2.05, 4.69) is 4.84 Å². The van der Waals surface area contributed by atoms with Crippen LogP contribution in [0.2, 0.25) is 0 Å². The van der Waals surface area contributed by atoms with Crippen molar-refractivity contribution in [2.24, 2.45) is 5.90 Å². The van der Waals surface area contributed by atoms with Gasteiger partial charge in [0.25, 0.3) is 0 Å². The predicted octanol–water partition coefficient (Wildman–Crippen LogP) is 1.06. The molecule has 1 aliphatic heterocycles. The van der Waals surface area contributed by atoms with E-state index in [1.54, 1.807) is 7.11 Å². The molecular formula is C11H15NO3. The smallest absolute Gasteiger partial charge is 0.123 e. The molecule has 0 bridgehead atoms. The number of ether oxygens (including phenoxy) is 2. The average molecular weight is 209 g/mol. The zero-order chi connectivity index (χ0) is 10.7. The summed E-state index contributed by atoms with van der Waals surface area (Å²) in [4.78, 5) is 4.57. The number of rotatable bonds is 4. The topological polar surface area (TPSA) is 53.7 Å². The summed E-state index contributed by atoms with van der Waals surface area (Å²) in [6.45, 7) is 1.24. The van der Waals surface area contributed by atoms with Gasteiger partial charge in [0.1, 0.15) is 11.5 Å². The standard InChI is InChI=1S/C11H15NO3/c1-13-10-6-9-2-4-14-11(9)7-8(10)3-5-15-12/h6-7H,2-5,12H2,1H3. The Kier molecular flexibility index (Phi) is 3.08. The van der Waals surface area contributed by atoms with Gasteiger partial charge in [-0.3, -0.25) is 0 Å². The van der Waals surface area contributed by atoms with Crippen molar-refractivity contribution in [1.82, 2.24) is 0 Å². The zero-order valence-corrected chi connectivity index (χ0v) is 8.79. The number of nitrogens with two attached hydrogens (primary N) is 1. The maximum Gasteiger partial charge on any atom is 0.123 e. The Hall–Kier alpha value is -1.26. The first-order valence-corrected chi connectivity index (χ1v) is 4.99. The second-order valence-corrected chi connectivity index (χ2v) is 3.49. The molecular weight excluding hydrogens is 194 g/mol. The summed E-state index contributed by atoms with van der Waals surface area (Å²) in [7, 11) is 1.67. The van der Waals surface area contributed by atoms with E-state index in [-0.39, 0.29) is 0 Å². The molecule has 0 saturated heterocycles. The molecule has 0 amide bonds. The number of methoxy groups -OCH3 is 1. The van der Waals surface area contributed by atoms with E-state index in [9.17, 15) is 0 Å². The second kappa shape index (κ2) is 4.51. The maximum absolute atomic E-state index is 5.49. The van der Waals surface area contributed by atoms with Gasteiger partial charge < -0.3 is 14.3 Å². The molecule has 15 heavy (non-hydrogen) atoms. The van der Waals surface area contributed by atoms with Crippen molar-refractivity contribution in [3.05, 3.63) is 23.3 Å². The van der Waals surface area contributed by atoms with Crippen molar-refractivity contribution in [3.8, 4) is 11.5 Å². The van der Waals surface area contributed by atoms with Crippen LogP contribution in [0.4, 0.5) is 0 Å². The molecule has 1 aromatic carbocycles. The molecule has 0 aromatic heterocycles. The van der Waals surface area contributed by atoms with Crippen LogP contribution >= 0.6 is 0 Å². The third kappa shape index (κ3) is 2.06. The van der Waals surface area contributed by atoms with Gasteiger partial charge in [-0.05, 0) is 12.1 Å². The fourth-order valence-electron chi connectivity index (χ4n) is 1.80. The van der Waals surface area contributed by atoms with Crippen LogP contribution in [0.25, 0.3) is 0 Å². The Morgan fingerprint density at radius 2 is 2.33 bits per heavy atom. The summed E-state index contributed by atoms with van der Waals surface area (Å²) < 4.78 is 10.8. The first-order chi connectivity index (χ1) is 7.35.